The van der Waals surface area contributed by atoms with Crippen molar-refractivity contribution in [3.8, 4) is 0 Å². The van der Waals surface area contributed by atoms with Gasteiger partial charge in [0.25, 0.3) is 0 Å². The second kappa shape index (κ2) is 4.28. The van der Waals surface area contributed by atoms with E-state index in [2.05, 4.69) is 22.9 Å². The molecule has 13 heavy (non-hydrogen) atoms. The van der Waals surface area contributed by atoms with Crippen molar-refractivity contribution in [1.82, 2.24) is 4.98 Å². The lowest BCUT2D eigenvalue weighted by molar-refractivity contribution is -0.115. The van der Waals surface area contributed by atoms with Gasteiger partial charge in [-0.15, -0.1) is 0 Å². The number of pyridine rings is 1. The van der Waals surface area contributed by atoms with Crippen LogP contribution in [0.15, 0.2) is 18.3 Å². The third-order valence-corrected chi connectivity index (χ3v) is 1.88. The van der Waals surface area contributed by atoms with Crippen molar-refractivity contribution in [3.05, 3.63) is 24.0 Å². The van der Waals surface area contributed by atoms with Crippen LogP contribution in [0, 0.1) is 6.92 Å². The monoisotopic (exact) mass is 196 g/mol. The van der Waals surface area contributed by atoms with Gasteiger partial charge in [-0.25, -0.2) is 0 Å². The minimum atomic E-state index is -0.306. The van der Waals surface area contributed by atoms with Crippen LogP contribution >= 0.6 is 12.6 Å². The molecule has 0 radical (unpaired) electrons. The van der Waals surface area contributed by atoms with E-state index in [1.165, 1.54) is 0 Å². The van der Waals surface area contributed by atoms with E-state index in [-0.39, 0.29) is 11.2 Å². The summed E-state index contributed by atoms with van der Waals surface area (Å²) in [6, 6.07) is 3.60. The minimum Gasteiger partial charge on any atom is -0.324 e. The van der Waals surface area contributed by atoms with Crippen molar-refractivity contribution in [3.63, 3.8) is 0 Å². The lowest BCUT2D eigenvalue weighted by Crippen LogP contribution is -2.21. The van der Waals surface area contributed by atoms with Gasteiger partial charge in [0.2, 0.25) is 5.91 Å². The Balaban J connectivity index is 2.75. The summed E-state index contributed by atoms with van der Waals surface area (Å²) in [6.45, 7) is 3.57. The first-order valence-electron chi connectivity index (χ1n) is 4.02. The van der Waals surface area contributed by atoms with Gasteiger partial charge < -0.3 is 5.32 Å². The first kappa shape index (κ1) is 10.1. The second-order valence-electron chi connectivity index (χ2n) is 2.80. The van der Waals surface area contributed by atoms with Crippen LogP contribution in [0.25, 0.3) is 0 Å². The average Bonchev–Trinajstić information content (AvgIpc) is 2.08. The quantitative estimate of drug-likeness (QED) is 0.706. The summed E-state index contributed by atoms with van der Waals surface area (Å²) in [5.41, 5.74) is 1.55. The van der Waals surface area contributed by atoms with Crippen LogP contribution < -0.4 is 5.32 Å². The number of hydrogen-bond acceptors (Lipinski definition) is 3. The van der Waals surface area contributed by atoms with Crippen LogP contribution in [0.2, 0.25) is 0 Å². The van der Waals surface area contributed by atoms with E-state index in [1.54, 1.807) is 19.2 Å². The van der Waals surface area contributed by atoms with E-state index in [0.29, 0.717) is 0 Å². The molecule has 70 valence electrons. The Bertz CT molecular complexity index is 312. The number of anilines is 1. The van der Waals surface area contributed by atoms with E-state index >= 15 is 0 Å². The maximum absolute atomic E-state index is 11.2. The molecule has 4 heteroatoms. The number of carbonyl (C=O) groups excluding carboxylic acids is 1. The van der Waals surface area contributed by atoms with E-state index in [1.807, 2.05) is 13.0 Å². The van der Waals surface area contributed by atoms with Crippen molar-refractivity contribution < 1.29 is 4.79 Å². The number of thiol groups is 1. The van der Waals surface area contributed by atoms with Gasteiger partial charge in [0.05, 0.1) is 16.6 Å². The number of hydrogen-bond donors (Lipinski definition) is 2. The highest BCUT2D eigenvalue weighted by molar-refractivity contribution is 7.81. The number of carbonyl (C=O) groups is 1. The Morgan fingerprint density at radius 1 is 1.69 bits per heavy atom. The molecule has 1 aromatic heterocycles. The molecule has 1 heterocycles. The first-order valence-corrected chi connectivity index (χ1v) is 4.53. The SMILES string of the molecule is Cc1ncccc1NC(=O)C(C)S. The van der Waals surface area contributed by atoms with Crippen molar-refractivity contribution in [1.29, 1.82) is 0 Å². The predicted octanol–water partition coefficient (Wildman–Crippen LogP) is 1.65. The maximum Gasteiger partial charge on any atom is 0.236 e. The number of aryl methyl sites for hydroxylation is 1. The highest BCUT2D eigenvalue weighted by Gasteiger charge is 2.08. The fourth-order valence-corrected chi connectivity index (χ4v) is 0.918. The second-order valence-corrected chi connectivity index (χ2v) is 3.58. The lowest BCUT2D eigenvalue weighted by atomic mass is 10.3. The molecule has 0 fully saturated rings. The molecule has 0 saturated carbocycles. The van der Waals surface area contributed by atoms with Gasteiger partial charge in [-0.1, -0.05) is 0 Å². The topological polar surface area (TPSA) is 42.0 Å². The van der Waals surface area contributed by atoms with Gasteiger partial charge in [-0.05, 0) is 26.0 Å². The van der Waals surface area contributed by atoms with E-state index in [9.17, 15) is 4.79 Å². The molecule has 0 aliphatic heterocycles. The summed E-state index contributed by atoms with van der Waals surface area (Å²) in [5, 5.41) is 2.43. The summed E-state index contributed by atoms with van der Waals surface area (Å²) in [6.07, 6.45) is 1.69. The summed E-state index contributed by atoms with van der Waals surface area (Å²) in [5.74, 6) is -0.112. The number of nitrogens with one attached hydrogen (secondary N) is 1. The van der Waals surface area contributed by atoms with Crippen molar-refractivity contribution in [2.24, 2.45) is 0 Å². The molecule has 0 saturated heterocycles. The predicted molar refractivity (Wildman–Crippen MR) is 56.1 cm³/mol. The molecule has 0 aromatic carbocycles. The third kappa shape index (κ3) is 2.73. The molecule has 1 aromatic rings. The molecule has 0 spiro atoms. The summed E-state index contributed by atoms with van der Waals surface area (Å²) in [7, 11) is 0. The maximum atomic E-state index is 11.2. The van der Waals surface area contributed by atoms with Crippen molar-refractivity contribution >= 4 is 24.2 Å². The molecule has 1 rings (SSSR count). The Hall–Kier alpha value is -1.03. The number of rotatable bonds is 2. The van der Waals surface area contributed by atoms with Crippen LogP contribution in [0.1, 0.15) is 12.6 Å². The smallest absolute Gasteiger partial charge is 0.236 e. The largest absolute Gasteiger partial charge is 0.324 e. The molecule has 0 aliphatic rings. The fraction of sp³-hybridized carbons (Fsp3) is 0.333. The molecule has 1 unspecified atom stereocenters. The molecular formula is C9H12N2OS. The Morgan fingerprint density at radius 2 is 2.38 bits per heavy atom. The van der Waals surface area contributed by atoms with Crippen LogP contribution in [0.3, 0.4) is 0 Å². The highest BCUT2D eigenvalue weighted by Crippen LogP contribution is 2.11. The fourth-order valence-electron chi connectivity index (χ4n) is 0.854. The molecule has 1 N–H and O–H groups in total. The normalized spacial score (nSPS) is 12.2. The van der Waals surface area contributed by atoms with Crippen LogP contribution in [-0.4, -0.2) is 16.1 Å². The van der Waals surface area contributed by atoms with Crippen molar-refractivity contribution in [2.75, 3.05) is 5.32 Å². The summed E-state index contributed by atoms with van der Waals surface area (Å²) >= 11 is 4.03. The molecule has 3 nitrogen and oxygen atoms in total. The summed E-state index contributed by atoms with van der Waals surface area (Å²) < 4.78 is 0. The number of nitrogens with zero attached hydrogens (tertiary/aromatic N) is 1. The average molecular weight is 196 g/mol. The van der Waals surface area contributed by atoms with Crippen LogP contribution in [-0.2, 0) is 4.79 Å². The Kier molecular flexibility index (Phi) is 3.31. The molecule has 1 amide bonds. The molecule has 0 bridgehead atoms. The van der Waals surface area contributed by atoms with Gasteiger partial charge in [0, 0.05) is 6.20 Å². The first-order chi connectivity index (χ1) is 6.11. The van der Waals surface area contributed by atoms with Gasteiger partial charge in [-0.2, -0.15) is 12.6 Å². The van der Waals surface area contributed by atoms with Crippen LogP contribution in [0.5, 0.6) is 0 Å². The van der Waals surface area contributed by atoms with Crippen LogP contribution in [0.4, 0.5) is 5.69 Å². The van der Waals surface area contributed by atoms with Crippen molar-refractivity contribution in [2.45, 2.75) is 19.1 Å². The molecule has 1 atom stereocenters. The molecule has 0 aliphatic carbocycles. The van der Waals surface area contributed by atoms with Gasteiger partial charge in [0.1, 0.15) is 0 Å². The standard InChI is InChI=1S/C9H12N2OS/c1-6-8(4-3-5-10-6)11-9(12)7(2)13/h3-5,7,13H,1-2H3,(H,11,12). The van der Waals surface area contributed by atoms with Gasteiger partial charge in [0.15, 0.2) is 0 Å². The number of amides is 1. The van der Waals surface area contributed by atoms with E-state index < -0.39 is 0 Å². The zero-order chi connectivity index (χ0) is 9.84. The lowest BCUT2D eigenvalue weighted by Gasteiger charge is -2.08. The third-order valence-electron chi connectivity index (χ3n) is 1.64. The van der Waals surface area contributed by atoms with Gasteiger partial charge in [-0.3, -0.25) is 9.78 Å². The van der Waals surface area contributed by atoms with E-state index in [0.717, 1.165) is 11.4 Å². The zero-order valence-corrected chi connectivity index (χ0v) is 8.51. The Morgan fingerprint density at radius 3 is 2.92 bits per heavy atom. The Labute approximate surface area is 83.0 Å². The number of aromatic nitrogens is 1. The minimum absolute atomic E-state index is 0.112. The van der Waals surface area contributed by atoms with E-state index in [4.69, 9.17) is 0 Å². The van der Waals surface area contributed by atoms with Gasteiger partial charge >= 0.3 is 0 Å². The molecular weight excluding hydrogens is 184 g/mol. The highest BCUT2D eigenvalue weighted by atomic mass is 32.1. The summed E-state index contributed by atoms with van der Waals surface area (Å²) in [4.78, 5) is 15.3. The zero-order valence-electron chi connectivity index (χ0n) is 7.61.